The average Bonchev–Trinajstić information content (AvgIpc) is 3.15. The zero-order valence-electron chi connectivity index (χ0n) is 34.7. The molecular formula is C47H73N3O. The molecule has 0 aliphatic carbocycles. The molecule has 0 N–H and O–H groups in total. The zero-order valence-corrected chi connectivity index (χ0v) is 34.7. The van der Waals surface area contributed by atoms with Crippen molar-refractivity contribution in [3.8, 4) is 0 Å². The van der Waals surface area contributed by atoms with E-state index >= 15 is 0 Å². The summed E-state index contributed by atoms with van der Waals surface area (Å²) in [6.07, 6.45) is 5.30. The van der Waals surface area contributed by atoms with Crippen molar-refractivity contribution >= 4 is 22.6 Å². The van der Waals surface area contributed by atoms with Crippen molar-refractivity contribution in [3.63, 3.8) is 0 Å². The topological polar surface area (TPSA) is 28.6 Å². The van der Waals surface area contributed by atoms with E-state index in [2.05, 4.69) is 124 Å². The predicted molar refractivity (Wildman–Crippen MR) is 230 cm³/mol. The first-order chi connectivity index (χ1) is 24.6. The first kappa shape index (κ1) is 47.4. The lowest BCUT2D eigenvalue weighted by Gasteiger charge is -2.32. The Morgan fingerprint density at radius 3 is 1.90 bits per heavy atom. The van der Waals surface area contributed by atoms with Gasteiger partial charge < -0.3 is 14.5 Å². The number of hydrogen-bond acceptors (Lipinski definition) is 4. The number of ether oxygens (including phenoxy) is 1. The minimum Gasteiger partial charge on any atom is -0.381 e. The lowest BCUT2D eigenvalue weighted by molar-refractivity contribution is 0.135. The quantitative estimate of drug-likeness (QED) is 0.163. The Balaban J connectivity index is 0.000000653. The number of aromatic nitrogens is 1. The molecule has 1 aliphatic rings. The van der Waals surface area contributed by atoms with Crippen LogP contribution in [0.25, 0.3) is 22.6 Å². The molecule has 0 saturated carbocycles. The maximum atomic E-state index is 5.13. The fraction of sp³-hybridized carbons (Fsp3) is 0.468. The second-order valence-electron chi connectivity index (χ2n) is 12.6. The number of piperazine rings is 1. The average molecular weight is 696 g/mol. The van der Waals surface area contributed by atoms with Gasteiger partial charge in [-0.15, -0.1) is 0 Å². The van der Waals surface area contributed by atoms with Crippen LogP contribution in [0, 0.1) is 27.7 Å². The molecule has 51 heavy (non-hydrogen) atoms. The summed E-state index contributed by atoms with van der Waals surface area (Å²) in [5.41, 5.74) is 11.1. The fourth-order valence-electron chi connectivity index (χ4n) is 4.95. The van der Waals surface area contributed by atoms with E-state index in [0.29, 0.717) is 0 Å². The van der Waals surface area contributed by atoms with Gasteiger partial charge in [0.25, 0.3) is 0 Å². The van der Waals surface area contributed by atoms with Gasteiger partial charge in [0.15, 0.2) is 0 Å². The van der Waals surface area contributed by atoms with Gasteiger partial charge in [0.2, 0.25) is 0 Å². The van der Waals surface area contributed by atoms with Gasteiger partial charge in [-0.25, -0.2) is 0 Å². The van der Waals surface area contributed by atoms with E-state index in [0.717, 1.165) is 48.4 Å². The van der Waals surface area contributed by atoms with E-state index in [4.69, 9.17) is 4.74 Å². The van der Waals surface area contributed by atoms with E-state index in [1.165, 1.54) is 72.3 Å². The number of aryl methyl sites for hydroxylation is 4. The van der Waals surface area contributed by atoms with E-state index < -0.39 is 0 Å². The molecular weight excluding hydrogens is 623 g/mol. The molecule has 0 bridgehead atoms. The van der Waals surface area contributed by atoms with Gasteiger partial charge in [-0.05, 0) is 101 Å². The molecule has 0 atom stereocenters. The lowest BCUT2D eigenvalue weighted by atomic mass is 10.0. The molecule has 5 rings (SSSR count). The summed E-state index contributed by atoms with van der Waals surface area (Å²) >= 11 is 0. The van der Waals surface area contributed by atoms with Gasteiger partial charge in [-0.2, -0.15) is 0 Å². The van der Waals surface area contributed by atoms with E-state index in [1.54, 1.807) is 0 Å². The molecule has 1 fully saturated rings. The number of hydrogen-bond donors (Lipinski definition) is 0. The highest BCUT2D eigenvalue weighted by Gasteiger charge is 2.12. The summed E-state index contributed by atoms with van der Waals surface area (Å²) < 4.78 is 5.13. The third-order valence-electron chi connectivity index (χ3n) is 8.30. The van der Waals surface area contributed by atoms with Crippen LogP contribution in [0.5, 0.6) is 0 Å². The number of likely N-dealkylation sites (N-methyl/N-ethyl adjacent to an activating group) is 1. The first-order valence-electron chi connectivity index (χ1n) is 19.3. The highest BCUT2D eigenvalue weighted by Crippen LogP contribution is 2.17. The largest absolute Gasteiger partial charge is 0.381 e. The summed E-state index contributed by atoms with van der Waals surface area (Å²) in [6.45, 7) is 38.3. The Labute approximate surface area is 314 Å². The highest BCUT2D eigenvalue weighted by molar-refractivity contribution is 5.81. The minimum atomic E-state index is 0.924. The van der Waals surface area contributed by atoms with Crippen LogP contribution in [-0.4, -0.2) is 67.8 Å². The van der Waals surface area contributed by atoms with Gasteiger partial charge in [-0.1, -0.05) is 133 Å². The van der Waals surface area contributed by atoms with Crippen molar-refractivity contribution in [2.75, 3.05) is 53.0 Å². The van der Waals surface area contributed by atoms with Crippen LogP contribution in [0.2, 0.25) is 0 Å². The summed E-state index contributed by atoms with van der Waals surface area (Å²) in [4.78, 5) is 9.45. The molecule has 1 saturated heterocycles. The molecule has 3 aromatic carbocycles. The number of fused-ring (bicyclic) bond motifs is 1. The van der Waals surface area contributed by atoms with E-state index in [-0.39, 0.29) is 0 Å². The van der Waals surface area contributed by atoms with Crippen LogP contribution < -0.4 is 0 Å². The SMILES string of the molecule is C=C(C)c1ccc(C)c(C)c1.C=Cc1cc2ccccc2nc1C.CC.CC.CCCOCCC.Cc1ccc(CCN2CCN(C)CC2)cc1. The maximum Gasteiger partial charge on any atom is 0.0705 e. The summed E-state index contributed by atoms with van der Waals surface area (Å²) in [6, 6.07) is 25.6. The number of benzene rings is 3. The molecule has 4 heteroatoms. The van der Waals surface area contributed by atoms with Crippen LogP contribution in [0.1, 0.15) is 100 Å². The van der Waals surface area contributed by atoms with Gasteiger partial charge >= 0.3 is 0 Å². The van der Waals surface area contributed by atoms with E-state index in [1.807, 2.05) is 65.8 Å². The van der Waals surface area contributed by atoms with Crippen molar-refractivity contribution in [1.29, 1.82) is 0 Å². The third kappa shape index (κ3) is 20.2. The molecule has 1 aromatic heterocycles. The molecule has 0 amide bonds. The Morgan fingerprint density at radius 1 is 0.784 bits per heavy atom. The molecule has 1 aliphatic heterocycles. The lowest BCUT2D eigenvalue weighted by Crippen LogP contribution is -2.45. The zero-order chi connectivity index (χ0) is 38.6. The molecule has 4 aromatic rings. The number of allylic oxidation sites excluding steroid dienone is 1. The monoisotopic (exact) mass is 696 g/mol. The van der Waals surface area contributed by atoms with Gasteiger partial charge in [-0.3, -0.25) is 4.98 Å². The number of para-hydroxylation sites is 1. The Morgan fingerprint density at radius 2 is 1.37 bits per heavy atom. The summed E-state index contributed by atoms with van der Waals surface area (Å²) in [7, 11) is 2.21. The molecule has 0 unspecified atom stereocenters. The van der Waals surface area contributed by atoms with Crippen LogP contribution in [0.4, 0.5) is 0 Å². The highest BCUT2D eigenvalue weighted by atomic mass is 16.5. The van der Waals surface area contributed by atoms with Crippen LogP contribution >= 0.6 is 0 Å². The fourth-order valence-corrected chi connectivity index (χ4v) is 4.95. The maximum absolute atomic E-state index is 5.13. The Hall–Kier alpha value is -3.57. The van der Waals surface area contributed by atoms with Crippen molar-refractivity contribution in [2.45, 2.75) is 95.4 Å². The van der Waals surface area contributed by atoms with Crippen molar-refractivity contribution < 1.29 is 4.74 Å². The summed E-state index contributed by atoms with van der Waals surface area (Å²) in [5, 5.41) is 1.17. The smallest absolute Gasteiger partial charge is 0.0705 e. The second kappa shape index (κ2) is 29.1. The van der Waals surface area contributed by atoms with Gasteiger partial charge in [0.1, 0.15) is 0 Å². The van der Waals surface area contributed by atoms with E-state index in [9.17, 15) is 0 Å². The van der Waals surface area contributed by atoms with Crippen LogP contribution in [0.15, 0.2) is 86.0 Å². The molecule has 282 valence electrons. The Kier molecular flexibility index (Phi) is 27.0. The van der Waals surface area contributed by atoms with Gasteiger partial charge in [0, 0.05) is 57.0 Å². The summed E-state index contributed by atoms with van der Waals surface area (Å²) in [5.74, 6) is 0. The second-order valence-corrected chi connectivity index (χ2v) is 12.6. The van der Waals surface area contributed by atoms with Crippen LogP contribution in [-0.2, 0) is 11.2 Å². The van der Waals surface area contributed by atoms with Crippen LogP contribution in [0.3, 0.4) is 0 Å². The first-order valence-corrected chi connectivity index (χ1v) is 19.3. The number of nitrogens with zero attached hydrogens (tertiary/aromatic N) is 3. The van der Waals surface area contributed by atoms with Crippen molar-refractivity contribution in [1.82, 2.24) is 14.8 Å². The Bertz CT molecular complexity index is 1480. The molecule has 4 nitrogen and oxygen atoms in total. The predicted octanol–water partition coefficient (Wildman–Crippen LogP) is 12.2. The normalized spacial score (nSPS) is 12.2. The van der Waals surface area contributed by atoms with Gasteiger partial charge in [0.05, 0.1) is 5.52 Å². The third-order valence-corrected chi connectivity index (χ3v) is 8.30. The molecule has 0 radical (unpaired) electrons. The van der Waals surface area contributed by atoms with Crippen molar-refractivity contribution in [3.05, 3.63) is 125 Å². The number of rotatable bonds is 9. The van der Waals surface area contributed by atoms with Crippen molar-refractivity contribution in [2.24, 2.45) is 0 Å². The minimum absolute atomic E-state index is 0.924. The molecule has 2 heterocycles. The standard InChI is InChI=1S/C14H22N2.C12H11N.C11H14.C6H14O.2C2H6/c1-13-3-5-14(6-4-13)7-8-16-11-9-15(2)10-12-16;1-3-10-8-11-6-4-5-7-12(11)13-9(10)2;1-8(2)11-6-5-9(3)10(4)7-11;1-3-5-7-6-4-2;2*1-2/h3-6H,7-12H2,1-2H3;3-8H,1H2,2H3;5-7H,1H2,2-4H3;3-6H2,1-2H3;2*1-2H3. The number of pyridine rings is 1. The molecule has 0 spiro atoms.